The Hall–Kier alpha value is -1.40. The van der Waals surface area contributed by atoms with E-state index in [0.29, 0.717) is 24.6 Å². The number of amides is 1. The van der Waals surface area contributed by atoms with Gasteiger partial charge in [-0.1, -0.05) is 20.8 Å². The molecule has 0 aliphatic carbocycles. The standard InChI is InChI=1S/C19H30N2O3S/c1-4-12-20(13-5-2)19(22)17-6-8-18(9-7-17)25(23,24)21-14-10-16(3)11-15-21/h6-9,16H,4-5,10-15H2,1-3H3. The second-order valence-corrected chi connectivity index (χ2v) is 8.84. The smallest absolute Gasteiger partial charge is 0.253 e. The third-order valence-electron chi connectivity index (χ3n) is 4.76. The van der Waals surface area contributed by atoms with Crippen molar-refractivity contribution in [2.75, 3.05) is 26.2 Å². The van der Waals surface area contributed by atoms with E-state index in [1.165, 1.54) is 0 Å². The summed E-state index contributed by atoms with van der Waals surface area (Å²) in [7, 11) is -3.46. The highest BCUT2D eigenvalue weighted by atomic mass is 32.2. The van der Waals surface area contributed by atoms with Crippen LogP contribution in [-0.2, 0) is 10.0 Å². The Labute approximate surface area is 152 Å². The highest BCUT2D eigenvalue weighted by Gasteiger charge is 2.28. The summed E-state index contributed by atoms with van der Waals surface area (Å²) in [6, 6.07) is 6.41. The lowest BCUT2D eigenvalue weighted by Crippen LogP contribution is -2.37. The largest absolute Gasteiger partial charge is 0.339 e. The number of benzene rings is 1. The fourth-order valence-electron chi connectivity index (χ4n) is 3.18. The van der Waals surface area contributed by atoms with Gasteiger partial charge in [0.05, 0.1) is 4.90 Å². The Morgan fingerprint density at radius 1 is 1.08 bits per heavy atom. The summed E-state index contributed by atoms with van der Waals surface area (Å²) in [4.78, 5) is 14.7. The summed E-state index contributed by atoms with van der Waals surface area (Å²) >= 11 is 0. The Bertz CT molecular complexity index is 656. The van der Waals surface area contributed by atoms with Crippen molar-refractivity contribution in [3.63, 3.8) is 0 Å². The predicted octanol–water partition coefficient (Wildman–Crippen LogP) is 3.37. The number of carbonyl (C=O) groups is 1. The molecule has 1 aliphatic rings. The Balaban J connectivity index is 2.14. The third kappa shape index (κ3) is 4.82. The van der Waals surface area contributed by atoms with Crippen LogP contribution in [0, 0.1) is 5.92 Å². The SMILES string of the molecule is CCCN(CCC)C(=O)c1ccc(S(=O)(=O)N2CCC(C)CC2)cc1. The molecule has 1 aliphatic heterocycles. The molecule has 0 saturated carbocycles. The van der Waals surface area contributed by atoms with E-state index >= 15 is 0 Å². The van der Waals surface area contributed by atoms with Crippen molar-refractivity contribution in [1.29, 1.82) is 0 Å². The maximum atomic E-state index is 12.7. The lowest BCUT2D eigenvalue weighted by molar-refractivity contribution is 0.0755. The monoisotopic (exact) mass is 366 g/mol. The van der Waals surface area contributed by atoms with E-state index in [9.17, 15) is 13.2 Å². The number of hydrogen-bond acceptors (Lipinski definition) is 3. The molecule has 2 rings (SSSR count). The predicted molar refractivity (Wildman–Crippen MR) is 100 cm³/mol. The van der Waals surface area contributed by atoms with Crippen molar-refractivity contribution in [3.8, 4) is 0 Å². The first-order valence-corrected chi connectivity index (χ1v) is 10.7. The van der Waals surface area contributed by atoms with Gasteiger partial charge < -0.3 is 4.90 Å². The molecular formula is C19H30N2O3S. The second-order valence-electron chi connectivity index (χ2n) is 6.90. The summed E-state index contributed by atoms with van der Waals surface area (Å²) in [5, 5.41) is 0. The highest BCUT2D eigenvalue weighted by molar-refractivity contribution is 7.89. The maximum Gasteiger partial charge on any atom is 0.253 e. The Kier molecular flexibility index (Phi) is 7.02. The van der Waals surface area contributed by atoms with Gasteiger partial charge in [-0.05, 0) is 55.9 Å². The molecule has 25 heavy (non-hydrogen) atoms. The van der Waals surface area contributed by atoms with E-state index in [4.69, 9.17) is 0 Å². The first-order chi connectivity index (χ1) is 11.9. The van der Waals surface area contributed by atoms with Crippen molar-refractivity contribution >= 4 is 15.9 Å². The first-order valence-electron chi connectivity index (χ1n) is 9.29. The zero-order valence-corrected chi connectivity index (χ0v) is 16.4. The van der Waals surface area contributed by atoms with Gasteiger partial charge in [-0.2, -0.15) is 4.31 Å². The minimum absolute atomic E-state index is 0.0283. The minimum atomic E-state index is -3.46. The molecule has 0 spiro atoms. The topological polar surface area (TPSA) is 57.7 Å². The van der Waals surface area contributed by atoms with Gasteiger partial charge in [0.15, 0.2) is 0 Å². The first kappa shape index (κ1) is 19.9. The molecule has 0 atom stereocenters. The van der Waals surface area contributed by atoms with Crippen molar-refractivity contribution in [3.05, 3.63) is 29.8 Å². The molecule has 5 nitrogen and oxygen atoms in total. The van der Waals surface area contributed by atoms with Gasteiger partial charge in [0, 0.05) is 31.7 Å². The van der Waals surface area contributed by atoms with Crippen molar-refractivity contribution in [2.24, 2.45) is 5.92 Å². The van der Waals surface area contributed by atoms with E-state index in [0.717, 1.165) is 38.8 Å². The molecule has 0 radical (unpaired) electrons. The average molecular weight is 367 g/mol. The quantitative estimate of drug-likeness (QED) is 0.743. The van der Waals surface area contributed by atoms with Crippen LogP contribution in [0.2, 0.25) is 0 Å². The van der Waals surface area contributed by atoms with Crippen molar-refractivity contribution in [1.82, 2.24) is 9.21 Å². The summed E-state index contributed by atoms with van der Waals surface area (Å²) in [6.07, 6.45) is 3.62. The molecule has 0 bridgehead atoms. The van der Waals surface area contributed by atoms with Crippen LogP contribution in [0.1, 0.15) is 56.8 Å². The number of rotatable bonds is 7. The van der Waals surface area contributed by atoms with E-state index < -0.39 is 10.0 Å². The molecule has 1 aromatic carbocycles. The fraction of sp³-hybridized carbons (Fsp3) is 0.632. The van der Waals surface area contributed by atoms with Crippen molar-refractivity contribution in [2.45, 2.75) is 51.3 Å². The van der Waals surface area contributed by atoms with Crippen LogP contribution in [0.4, 0.5) is 0 Å². The van der Waals surface area contributed by atoms with Crippen molar-refractivity contribution < 1.29 is 13.2 Å². The highest BCUT2D eigenvalue weighted by Crippen LogP contribution is 2.23. The van der Waals surface area contributed by atoms with Crippen LogP contribution >= 0.6 is 0 Å². The zero-order chi connectivity index (χ0) is 18.4. The lowest BCUT2D eigenvalue weighted by atomic mass is 10.0. The van der Waals surface area contributed by atoms with Crippen LogP contribution < -0.4 is 0 Å². The van der Waals surface area contributed by atoms with Crippen LogP contribution in [0.3, 0.4) is 0 Å². The van der Waals surface area contributed by atoms with Crippen LogP contribution in [0.25, 0.3) is 0 Å². The fourth-order valence-corrected chi connectivity index (χ4v) is 4.65. The molecule has 1 heterocycles. The minimum Gasteiger partial charge on any atom is -0.339 e. The van der Waals surface area contributed by atoms with Gasteiger partial charge in [-0.3, -0.25) is 4.79 Å². The van der Waals surface area contributed by atoms with E-state index in [1.54, 1.807) is 28.6 Å². The van der Waals surface area contributed by atoms with Gasteiger partial charge in [0.1, 0.15) is 0 Å². The Morgan fingerprint density at radius 2 is 1.60 bits per heavy atom. The molecule has 1 amide bonds. The summed E-state index contributed by atoms with van der Waals surface area (Å²) in [6.45, 7) is 8.84. The van der Waals surface area contributed by atoms with Gasteiger partial charge in [0.2, 0.25) is 10.0 Å². The lowest BCUT2D eigenvalue weighted by Gasteiger charge is -2.29. The summed E-state index contributed by atoms with van der Waals surface area (Å²) < 4.78 is 27.0. The number of piperidine rings is 1. The molecule has 1 aromatic rings. The van der Waals surface area contributed by atoms with Crippen LogP contribution in [-0.4, -0.2) is 49.7 Å². The maximum absolute atomic E-state index is 12.7. The number of hydrogen-bond donors (Lipinski definition) is 0. The number of nitrogens with zero attached hydrogens (tertiary/aromatic N) is 2. The van der Waals surface area contributed by atoms with Gasteiger partial charge in [-0.25, -0.2) is 8.42 Å². The average Bonchev–Trinajstić information content (AvgIpc) is 2.61. The summed E-state index contributed by atoms with van der Waals surface area (Å²) in [5.74, 6) is 0.550. The van der Waals surface area contributed by atoms with Gasteiger partial charge in [0.25, 0.3) is 5.91 Å². The number of sulfonamides is 1. The molecule has 1 fully saturated rings. The molecular weight excluding hydrogens is 336 g/mol. The van der Waals surface area contributed by atoms with E-state index in [2.05, 4.69) is 6.92 Å². The molecule has 0 unspecified atom stereocenters. The molecule has 0 aromatic heterocycles. The Morgan fingerprint density at radius 3 is 2.08 bits per heavy atom. The molecule has 140 valence electrons. The van der Waals surface area contributed by atoms with Crippen LogP contribution in [0.15, 0.2) is 29.2 Å². The van der Waals surface area contributed by atoms with Crippen LogP contribution in [0.5, 0.6) is 0 Å². The van der Waals surface area contributed by atoms with E-state index in [1.807, 2.05) is 18.7 Å². The third-order valence-corrected chi connectivity index (χ3v) is 6.67. The normalized spacial score (nSPS) is 16.8. The van der Waals surface area contributed by atoms with Gasteiger partial charge in [-0.15, -0.1) is 0 Å². The molecule has 6 heteroatoms. The zero-order valence-electron chi connectivity index (χ0n) is 15.6. The number of carbonyl (C=O) groups excluding carboxylic acids is 1. The molecule has 0 N–H and O–H groups in total. The second kappa shape index (κ2) is 8.81. The van der Waals surface area contributed by atoms with Gasteiger partial charge >= 0.3 is 0 Å². The summed E-state index contributed by atoms with van der Waals surface area (Å²) in [5.41, 5.74) is 0.549. The van der Waals surface area contributed by atoms with E-state index in [-0.39, 0.29) is 10.8 Å². The molecule has 1 saturated heterocycles.